The summed E-state index contributed by atoms with van der Waals surface area (Å²) in [5, 5.41) is 0.559. The van der Waals surface area contributed by atoms with Crippen LogP contribution in [0.5, 0.6) is 0 Å². The van der Waals surface area contributed by atoms with Crippen molar-refractivity contribution < 1.29 is 0 Å². The summed E-state index contributed by atoms with van der Waals surface area (Å²) < 4.78 is 0. The van der Waals surface area contributed by atoms with E-state index in [1.807, 2.05) is 18.2 Å². The predicted molar refractivity (Wildman–Crippen MR) is 78.5 cm³/mol. The molecular weight excluding hydrogens is 260 g/mol. The van der Waals surface area contributed by atoms with Crippen LogP contribution in [0, 0.1) is 0 Å². The Morgan fingerprint density at radius 1 is 1.26 bits per heavy atom. The maximum Gasteiger partial charge on any atom is 0.128 e. The molecular formula is C14H17ClN4. The van der Waals surface area contributed by atoms with E-state index in [1.54, 1.807) is 6.07 Å². The zero-order chi connectivity index (χ0) is 13.7. The minimum Gasteiger partial charge on any atom is -0.383 e. The molecule has 0 aliphatic heterocycles. The highest BCUT2D eigenvalue weighted by Gasteiger charge is 2.14. The molecule has 5 N–H and O–H groups in total. The minimum absolute atomic E-state index is 0.0635. The van der Waals surface area contributed by atoms with E-state index in [0.29, 0.717) is 10.8 Å². The Kier molecular flexibility index (Phi) is 4.74. The number of halogens is 1. The van der Waals surface area contributed by atoms with E-state index in [4.69, 9.17) is 23.2 Å². The van der Waals surface area contributed by atoms with Gasteiger partial charge in [-0.3, -0.25) is 11.3 Å². The molecule has 0 saturated carbocycles. The Morgan fingerprint density at radius 3 is 2.68 bits per heavy atom. The van der Waals surface area contributed by atoms with Crippen LogP contribution >= 0.6 is 11.6 Å². The number of nitrogens with one attached hydrogen (secondary N) is 1. The highest BCUT2D eigenvalue weighted by atomic mass is 35.5. The van der Waals surface area contributed by atoms with Gasteiger partial charge in [0, 0.05) is 17.8 Å². The quantitative estimate of drug-likeness (QED) is 0.579. The molecule has 0 aliphatic carbocycles. The first kappa shape index (κ1) is 13.8. The number of nitrogen functional groups attached to an aromatic ring is 1. The van der Waals surface area contributed by atoms with Gasteiger partial charge in [-0.2, -0.15) is 0 Å². The van der Waals surface area contributed by atoms with Crippen molar-refractivity contribution in [2.24, 2.45) is 5.84 Å². The summed E-state index contributed by atoms with van der Waals surface area (Å²) in [6.45, 7) is 0. The first-order valence-corrected chi connectivity index (χ1v) is 6.49. The van der Waals surface area contributed by atoms with Crippen molar-refractivity contribution in [2.75, 3.05) is 5.73 Å². The van der Waals surface area contributed by atoms with Crippen LogP contribution in [-0.4, -0.2) is 4.98 Å². The molecule has 5 heteroatoms. The lowest BCUT2D eigenvalue weighted by Gasteiger charge is -2.17. The maximum absolute atomic E-state index is 5.95. The second-order valence-corrected chi connectivity index (χ2v) is 4.81. The number of hydrogen-bond donors (Lipinski definition) is 3. The van der Waals surface area contributed by atoms with Crippen molar-refractivity contribution in [3.05, 3.63) is 58.7 Å². The number of rotatable bonds is 5. The molecule has 1 atom stereocenters. The summed E-state index contributed by atoms with van der Waals surface area (Å²) in [5.74, 6) is 6.07. The SMILES string of the molecule is NNC(CCc1ccccc1)c1cc(Cl)cnc1N. The van der Waals surface area contributed by atoms with Crippen LogP contribution in [-0.2, 0) is 6.42 Å². The van der Waals surface area contributed by atoms with Crippen molar-refractivity contribution in [3.63, 3.8) is 0 Å². The fourth-order valence-corrected chi connectivity index (χ4v) is 2.20. The molecule has 1 aromatic heterocycles. The van der Waals surface area contributed by atoms with Gasteiger partial charge in [0.2, 0.25) is 0 Å². The van der Waals surface area contributed by atoms with Crippen LogP contribution < -0.4 is 17.0 Å². The van der Waals surface area contributed by atoms with Gasteiger partial charge in [-0.05, 0) is 24.5 Å². The van der Waals surface area contributed by atoms with Gasteiger partial charge in [0.05, 0.1) is 5.02 Å². The Balaban J connectivity index is 2.10. The Bertz CT molecular complexity index is 530. The van der Waals surface area contributed by atoms with E-state index in [9.17, 15) is 0 Å². The van der Waals surface area contributed by atoms with Gasteiger partial charge >= 0.3 is 0 Å². The zero-order valence-electron chi connectivity index (χ0n) is 10.5. The smallest absolute Gasteiger partial charge is 0.128 e. The van der Waals surface area contributed by atoms with Gasteiger partial charge in [-0.15, -0.1) is 0 Å². The Hall–Kier alpha value is -1.62. The average molecular weight is 277 g/mol. The van der Waals surface area contributed by atoms with Crippen molar-refractivity contribution in [1.29, 1.82) is 0 Å². The largest absolute Gasteiger partial charge is 0.383 e. The fraction of sp³-hybridized carbons (Fsp3) is 0.214. The molecule has 4 nitrogen and oxygen atoms in total. The molecule has 0 amide bonds. The third kappa shape index (κ3) is 3.67. The number of pyridine rings is 1. The van der Waals surface area contributed by atoms with Crippen LogP contribution in [0.2, 0.25) is 5.02 Å². The lowest BCUT2D eigenvalue weighted by molar-refractivity contribution is 0.516. The van der Waals surface area contributed by atoms with Gasteiger partial charge in [0.1, 0.15) is 5.82 Å². The number of hydrogen-bond acceptors (Lipinski definition) is 4. The number of nitrogens with two attached hydrogens (primary N) is 2. The third-order valence-electron chi connectivity index (χ3n) is 3.06. The molecule has 0 bridgehead atoms. The second-order valence-electron chi connectivity index (χ2n) is 4.37. The van der Waals surface area contributed by atoms with E-state index in [1.165, 1.54) is 11.8 Å². The summed E-state index contributed by atoms with van der Waals surface area (Å²) >= 11 is 5.95. The molecule has 0 fully saturated rings. The maximum atomic E-state index is 5.95. The monoisotopic (exact) mass is 276 g/mol. The molecule has 0 aliphatic rings. The molecule has 100 valence electrons. The number of hydrazine groups is 1. The number of anilines is 1. The highest BCUT2D eigenvalue weighted by molar-refractivity contribution is 6.30. The first-order chi connectivity index (χ1) is 9.20. The van der Waals surface area contributed by atoms with E-state index in [2.05, 4.69) is 22.5 Å². The Labute approximate surface area is 117 Å². The number of aromatic nitrogens is 1. The third-order valence-corrected chi connectivity index (χ3v) is 3.26. The van der Waals surface area contributed by atoms with Crippen molar-refractivity contribution in [3.8, 4) is 0 Å². The van der Waals surface area contributed by atoms with E-state index < -0.39 is 0 Å². The highest BCUT2D eigenvalue weighted by Crippen LogP contribution is 2.25. The molecule has 0 saturated heterocycles. The number of aryl methyl sites for hydroxylation is 1. The molecule has 2 rings (SSSR count). The molecule has 1 aromatic carbocycles. The van der Waals surface area contributed by atoms with Crippen LogP contribution in [0.15, 0.2) is 42.6 Å². The lowest BCUT2D eigenvalue weighted by atomic mass is 10.00. The van der Waals surface area contributed by atoms with E-state index >= 15 is 0 Å². The van der Waals surface area contributed by atoms with Gasteiger partial charge < -0.3 is 5.73 Å². The van der Waals surface area contributed by atoms with E-state index in [-0.39, 0.29) is 6.04 Å². The number of nitrogens with zero attached hydrogens (tertiary/aromatic N) is 1. The molecule has 1 unspecified atom stereocenters. The van der Waals surface area contributed by atoms with Crippen molar-refractivity contribution in [1.82, 2.24) is 10.4 Å². The Morgan fingerprint density at radius 2 is 2.00 bits per heavy atom. The fourth-order valence-electron chi connectivity index (χ4n) is 2.03. The zero-order valence-corrected chi connectivity index (χ0v) is 11.3. The summed E-state index contributed by atoms with van der Waals surface area (Å²) in [6, 6.07) is 12.0. The summed E-state index contributed by atoms with van der Waals surface area (Å²) in [6.07, 6.45) is 3.26. The van der Waals surface area contributed by atoms with Gasteiger partial charge in [0.15, 0.2) is 0 Å². The van der Waals surface area contributed by atoms with Gasteiger partial charge in [0.25, 0.3) is 0 Å². The topological polar surface area (TPSA) is 77.0 Å². The van der Waals surface area contributed by atoms with Crippen molar-refractivity contribution >= 4 is 17.4 Å². The van der Waals surface area contributed by atoms with Crippen LogP contribution in [0.3, 0.4) is 0 Å². The summed E-state index contributed by atoms with van der Waals surface area (Å²) in [5.41, 5.74) is 10.7. The standard InChI is InChI=1S/C14H17ClN4/c15-11-8-12(14(16)18-9-11)13(19-17)7-6-10-4-2-1-3-5-10/h1-5,8-9,13,19H,6-7,17H2,(H2,16,18). The van der Waals surface area contributed by atoms with Crippen LogP contribution in [0.25, 0.3) is 0 Å². The second kappa shape index (κ2) is 6.52. The van der Waals surface area contributed by atoms with Gasteiger partial charge in [-0.25, -0.2) is 4.98 Å². The summed E-state index contributed by atoms with van der Waals surface area (Å²) in [4.78, 5) is 4.05. The molecule has 1 heterocycles. The average Bonchev–Trinajstić information content (AvgIpc) is 2.44. The molecule has 0 spiro atoms. The summed E-state index contributed by atoms with van der Waals surface area (Å²) in [7, 11) is 0. The normalized spacial score (nSPS) is 12.3. The molecule has 19 heavy (non-hydrogen) atoms. The molecule has 0 radical (unpaired) electrons. The van der Waals surface area contributed by atoms with Crippen LogP contribution in [0.4, 0.5) is 5.82 Å². The van der Waals surface area contributed by atoms with E-state index in [0.717, 1.165) is 18.4 Å². The predicted octanol–water partition coefficient (Wildman–Crippen LogP) is 2.45. The number of benzene rings is 1. The minimum atomic E-state index is -0.0635. The van der Waals surface area contributed by atoms with Gasteiger partial charge in [-0.1, -0.05) is 41.9 Å². The molecule has 2 aromatic rings. The lowest BCUT2D eigenvalue weighted by Crippen LogP contribution is -2.29. The van der Waals surface area contributed by atoms with Crippen molar-refractivity contribution in [2.45, 2.75) is 18.9 Å². The van der Waals surface area contributed by atoms with Crippen LogP contribution in [0.1, 0.15) is 23.6 Å². The first-order valence-electron chi connectivity index (χ1n) is 6.11.